The zero-order chi connectivity index (χ0) is 24.0. The molecule has 4 saturated carbocycles. The average Bonchev–Trinajstić information content (AvgIpc) is 3.11. The average molecular weight is 484 g/mol. The number of nitrogens with zero attached hydrogens (tertiary/aromatic N) is 1. The Bertz CT molecular complexity index is 936. The minimum absolute atomic E-state index is 0.0742. The van der Waals surface area contributed by atoms with Crippen molar-refractivity contribution < 1.29 is 27.6 Å². The highest BCUT2D eigenvalue weighted by Gasteiger charge is 2.67. The van der Waals surface area contributed by atoms with Gasteiger partial charge in [0.2, 0.25) is 0 Å². The van der Waals surface area contributed by atoms with Crippen LogP contribution in [0.4, 0.5) is 0 Å². The van der Waals surface area contributed by atoms with Crippen molar-refractivity contribution >= 4 is 23.3 Å². The van der Waals surface area contributed by atoms with Gasteiger partial charge < -0.3 is 25.9 Å². The molecule has 4 aliphatic carbocycles. The number of hydrogen-bond donors (Lipinski definition) is 4. The van der Waals surface area contributed by atoms with E-state index in [1.54, 1.807) is 0 Å². The lowest BCUT2D eigenvalue weighted by Gasteiger charge is -2.64. The summed E-state index contributed by atoms with van der Waals surface area (Å²) in [6.07, 6.45) is 4.68. The lowest BCUT2D eigenvalue weighted by Crippen LogP contribution is -2.65. The normalized spacial score (nSPS) is 46.2. The smallest absolute Gasteiger partial charge is 0.457 e. The number of carboxylic acid groups (broad SMARTS) is 1. The first kappa shape index (κ1) is 24.0. The standard InChI is InChI=1S/C21H37BN4O6S/c1-19(2)13-7-16(19)20(3)17(8-13)31-22(32-20)6-4-5-12-10-26(11-21(12,24)18(27)28)33(29,30)25-15-9-14(15)23/h12-17,25H,4-11,23-24H2,1-3H3,(H,27,28)/t12-,13+,14?,15+,16+,17-,20+,21-/m0/s1. The molecule has 2 aliphatic heterocycles. The molecule has 2 bridgehead atoms. The van der Waals surface area contributed by atoms with Crippen LogP contribution in [0.5, 0.6) is 0 Å². The van der Waals surface area contributed by atoms with Gasteiger partial charge in [-0.1, -0.05) is 20.3 Å². The van der Waals surface area contributed by atoms with Crippen LogP contribution in [0.1, 0.15) is 52.9 Å². The van der Waals surface area contributed by atoms with Gasteiger partial charge in [0, 0.05) is 31.1 Å². The van der Waals surface area contributed by atoms with Gasteiger partial charge in [-0.05, 0) is 56.2 Å². The van der Waals surface area contributed by atoms with E-state index in [0.29, 0.717) is 37.4 Å². The quantitative estimate of drug-likeness (QED) is 0.355. The summed E-state index contributed by atoms with van der Waals surface area (Å²) in [4.78, 5) is 12.0. The Labute approximate surface area is 196 Å². The lowest BCUT2D eigenvalue weighted by molar-refractivity contribution is -0.199. The summed E-state index contributed by atoms with van der Waals surface area (Å²) >= 11 is 0. The Morgan fingerprint density at radius 3 is 2.58 bits per heavy atom. The number of hydrogen-bond acceptors (Lipinski definition) is 7. The highest BCUT2D eigenvalue weighted by atomic mass is 32.2. The first-order valence-electron chi connectivity index (χ1n) is 12.2. The van der Waals surface area contributed by atoms with Gasteiger partial charge in [0.25, 0.3) is 10.2 Å². The van der Waals surface area contributed by atoms with E-state index < -0.39 is 27.6 Å². The van der Waals surface area contributed by atoms with Crippen molar-refractivity contribution in [1.29, 1.82) is 0 Å². The number of nitrogens with two attached hydrogens (primary N) is 2. The summed E-state index contributed by atoms with van der Waals surface area (Å²) < 4.78 is 41.8. The third-order valence-corrected chi connectivity index (χ3v) is 11.0. The zero-order valence-electron chi connectivity index (χ0n) is 19.7. The first-order valence-corrected chi connectivity index (χ1v) is 13.6. The van der Waals surface area contributed by atoms with Crippen molar-refractivity contribution in [2.24, 2.45) is 34.6 Å². The maximum atomic E-state index is 12.7. The van der Waals surface area contributed by atoms with Gasteiger partial charge in [0.05, 0.1) is 11.7 Å². The van der Waals surface area contributed by atoms with Crippen molar-refractivity contribution in [3.05, 3.63) is 0 Å². The van der Waals surface area contributed by atoms with Crippen LogP contribution in [-0.4, -0.2) is 73.3 Å². The van der Waals surface area contributed by atoms with Gasteiger partial charge in [-0.15, -0.1) is 0 Å². The van der Waals surface area contributed by atoms with Crippen LogP contribution in [0, 0.1) is 23.2 Å². The van der Waals surface area contributed by atoms with Crippen molar-refractivity contribution in [3.8, 4) is 0 Å². The molecule has 2 heterocycles. The van der Waals surface area contributed by atoms with Crippen LogP contribution >= 0.6 is 0 Å². The molecule has 0 aromatic heterocycles. The Morgan fingerprint density at radius 1 is 1.27 bits per heavy atom. The van der Waals surface area contributed by atoms with E-state index in [4.69, 9.17) is 20.8 Å². The first-order chi connectivity index (χ1) is 15.3. The molecule has 0 amide bonds. The topological polar surface area (TPSA) is 157 Å². The molecule has 12 heteroatoms. The Kier molecular flexibility index (Phi) is 5.53. The zero-order valence-corrected chi connectivity index (χ0v) is 20.5. The van der Waals surface area contributed by atoms with Crippen LogP contribution in [0.3, 0.4) is 0 Å². The maximum Gasteiger partial charge on any atom is 0.457 e. The van der Waals surface area contributed by atoms with Crippen LogP contribution < -0.4 is 16.2 Å². The molecule has 33 heavy (non-hydrogen) atoms. The van der Waals surface area contributed by atoms with Crippen LogP contribution in [-0.2, 0) is 24.3 Å². The highest BCUT2D eigenvalue weighted by Crippen LogP contribution is 2.65. The molecule has 0 radical (unpaired) electrons. The number of nitrogens with one attached hydrogen (secondary N) is 1. The predicted molar refractivity (Wildman–Crippen MR) is 122 cm³/mol. The van der Waals surface area contributed by atoms with Gasteiger partial charge in [-0.2, -0.15) is 17.4 Å². The maximum absolute atomic E-state index is 12.7. The molecule has 6 N–H and O–H groups in total. The van der Waals surface area contributed by atoms with E-state index in [0.717, 1.165) is 10.7 Å². The molecule has 0 spiro atoms. The van der Waals surface area contributed by atoms with E-state index in [1.165, 1.54) is 6.42 Å². The third-order valence-electron chi connectivity index (χ3n) is 9.46. The van der Waals surface area contributed by atoms with Crippen LogP contribution in [0.2, 0.25) is 6.32 Å². The van der Waals surface area contributed by atoms with E-state index in [9.17, 15) is 18.3 Å². The molecule has 0 aromatic rings. The second-order valence-corrected chi connectivity index (χ2v) is 13.5. The van der Waals surface area contributed by atoms with Crippen LogP contribution in [0.25, 0.3) is 0 Å². The Morgan fingerprint density at radius 2 is 1.97 bits per heavy atom. The number of carbonyl (C=O) groups is 1. The van der Waals surface area contributed by atoms with Crippen molar-refractivity contribution in [2.75, 3.05) is 13.1 Å². The summed E-state index contributed by atoms with van der Waals surface area (Å²) in [5.74, 6) is -0.502. The van der Waals surface area contributed by atoms with E-state index in [-0.39, 0.29) is 49.4 Å². The molecular weight excluding hydrogens is 447 g/mol. The molecule has 6 aliphatic rings. The fourth-order valence-electron chi connectivity index (χ4n) is 6.89. The number of carboxylic acids is 1. The molecule has 6 rings (SSSR count). The van der Waals surface area contributed by atoms with Crippen LogP contribution in [0.15, 0.2) is 0 Å². The highest BCUT2D eigenvalue weighted by molar-refractivity contribution is 7.87. The van der Waals surface area contributed by atoms with Crippen molar-refractivity contribution in [2.45, 2.75) is 88.5 Å². The van der Waals surface area contributed by atoms with E-state index >= 15 is 0 Å². The molecule has 8 atom stereocenters. The van der Waals surface area contributed by atoms with Gasteiger partial charge in [-0.25, -0.2) is 0 Å². The minimum atomic E-state index is -3.83. The summed E-state index contributed by atoms with van der Waals surface area (Å²) in [7, 11) is -4.15. The monoisotopic (exact) mass is 484 g/mol. The summed E-state index contributed by atoms with van der Waals surface area (Å²) in [6, 6.07) is -0.475. The molecule has 1 unspecified atom stereocenters. The van der Waals surface area contributed by atoms with Gasteiger partial charge >= 0.3 is 13.1 Å². The van der Waals surface area contributed by atoms with Crippen molar-refractivity contribution in [1.82, 2.24) is 9.03 Å². The second-order valence-electron chi connectivity index (χ2n) is 11.8. The van der Waals surface area contributed by atoms with Gasteiger partial charge in [0.15, 0.2) is 0 Å². The molecule has 10 nitrogen and oxygen atoms in total. The lowest BCUT2D eigenvalue weighted by atomic mass is 9.43. The van der Waals surface area contributed by atoms with Crippen molar-refractivity contribution in [3.63, 3.8) is 0 Å². The third kappa shape index (κ3) is 3.77. The summed E-state index contributed by atoms with van der Waals surface area (Å²) in [6.45, 7) is 6.64. The Balaban J connectivity index is 1.18. The molecular formula is C21H37BN4O6S. The number of aliphatic carboxylic acids is 1. The van der Waals surface area contributed by atoms with E-state index in [2.05, 4.69) is 25.5 Å². The fraction of sp³-hybridized carbons (Fsp3) is 0.952. The summed E-state index contributed by atoms with van der Waals surface area (Å²) in [5.41, 5.74) is 10.4. The molecule has 2 saturated heterocycles. The molecule has 6 fully saturated rings. The van der Waals surface area contributed by atoms with Gasteiger partial charge in [0.1, 0.15) is 5.54 Å². The molecule has 186 valence electrons. The minimum Gasteiger partial charge on any atom is -0.480 e. The largest absolute Gasteiger partial charge is 0.480 e. The molecule has 0 aromatic carbocycles. The number of rotatable bonds is 8. The second kappa shape index (κ2) is 7.62. The summed E-state index contributed by atoms with van der Waals surface area (Å²) in [5, 5.41) is 9.79. The van der Waals surface area contributed by atoms with Gasteiger partial charge in [-0.3, -0.25) is 4.79 Å². The van der Waals surface area contributed by atoms with E-state index in [1.807, 2.05) is 0 Å². The Hall–Kier alpha value is -0.755. The predicted octanol–water partition coefficient (Wildman–Crippen LogP) is 0.143. The SMILES string of the molecule is CC1(C)[C@H]2C[C@@H]3OB(CCC[C@H]4CN(S(=O)(=O)N[C@@H]5CC5N)C[C@@]4(N)C(=O)O)O[C@]3(C)[C@@H]1C2. The fourth-order valence-corrected chi connectivity index (χ4v) is 8.45.